The highest BCUT2D eigenvalue weighted by molar-refractivity contribution is 5.33. The van der Waals surface area contributed by atoms with Crippen molar-refractivity contribution in [1.82, 2.24) is 0 Å². The summed E-state index contributed by atoms with van der Waals surface area (Å²) in [5.41, 5.74) is 14.4. The molecule has 4 heteroatoms. The molecule has 154 valence electrons. The SMILES string of the molecule is CC(C)(N)c1cccc(O)c1.CC(C)(N)c1cccc(OCc2ccccc2)c1. The lowest BCUT2D eigenvalue weighted by Crippen LogP contribution is -2.28. The Labute approximate surface area is 174 Å². The van der Waals surface area contributed by atoms with Crippen LogP contribution in [0.3, 0.4) is 0 Å². The minimum absolute atomic E-state index is 0.265. The molecule has 0 saturated heterocycles. The number of phenols is 1. The maximum absolute atomic E-state index is 9.12. The molecular formula is C25H32N2O2. The van der Waals surface area contributed by atoms with E-state index < -0.39 is 0 Å². The van der Waals surface area contributed by atoms with Crippen LogP contribution in [0.2, 0.25) is 0 Å². The van der Waals surface area contributed by atoms with Gasteiger partial charge < -0.3 is 21.3 Å². The molecule has 0 aliphatic carbocycles. The number of ether oxygens (including phenoxy) is 1. The molecule has 0 aliphatic rings. The molecule has 29 heavy (non-hydrogen) atoms. The van der Waals surface area contributed by atoms with Gasteiger partial charge >= 0.3 is 0 Å². The standard InChI is InChI=1S/C16H19NO.C9H13NO/c1-16(2,17)14-9-6-10-15(11-14)18-12-13-7-4-3-5-8-13;1-9(2,10)7-4-3-5-8(11)6-7/h3-11H,12,17H2,1-2H3;3-6,11H,10H2,1-2H3. The van der Waals surface area contributed by atoms with E-state index in [1.165, 1.54) is 0 Å². The van der Waals surface area contributed by atoms with Gasteiger partial charge in [0.05, 0.1) is 0 Å². The van der Waals surface area contributed by atoms with Crippen molar-refractivity contribution in [1.29, 1.82) is 0 Å². The van der Waals surface area contributed by atoms with Gasteiger partial charge in [-0.25, -0.2) is 0 Å². The summed E-state index contributed by atoms with van der Waals surface area (Å²) >= 11 is 0. The second-order valence-electron chi connectivity index (χ2n) is 8.30. The highest BCUT2D eigenvalue weighted by Gasteiger charge is 2.14. The predicted octanol–water partition coefficient (Wildman–Crippen LogP) is 5.05. The molecule has 5 N–H and O–H groups in total. The van der Waals surface area contributed by atoms with Gasteiger partial charge in [0, 0.05) is 11.1 Å². The van der Waals surface area contributed by atoms with E-state index in [9.17, 15) is 0 Å². The largest absolute Gasteiger partial charge is 0.508 e. The molecule has 0 spiro atoms. The van der Waals surface area contributed by atoms with Gasteiger partial charge in [0.25, 0.3) is 0 Å². The molecule has 0 heterocycles. The van der Waals surface area contributed by atoms with Crippen molar-refractivity contribution in [2.24, 2.45) is 11.5 Å². The normalized spacial score (nSPS) is 11.4. The van der Waals surface area contributed by atoms with E-state index in [2.05, 4.69) is 12.1 Å². The third-order valence-corrected chi connectivity index (χ3v) is 4.42. The summed E-state index contributed by atoms with van der Waals surface area (Å²) in [6.07, 6.45) is 0. The van der Waals surface area contributed by atoms with Gasteiger partial charge in [-0.15, -0.1) is 0 Å². The first-order valence-electron chi connectivity index (χ1n) is 9.70. The summed E-state index contributed by atoms with van der Waals surface area (Å²) in [5, 5.41) is 9.12. The van der Waals surface area contributed by atoms with E-state index >= 15 is 0 Å². The Bertz CT molecular complexity index is 894. The Morgan fingerprint density at radius 2 is 1.28 bits per heavy atom. The number of rotatable bonds is 5. The van der Waals surface area contributed by atoms with Crippen molar-refractivity contribution in [2.75, 3.05) is 0 Å². The quantitative estimate of drug-likeness (QED) is 0.568. The monoisotopic (exact) mass is 392 g/mol. The molecule has 3 rings (SSSR count). The molecule has 0 unspecified atom stereocenters. The Morgan fingerprint density at radius 1 is 0.724 bits per heavy atom. The van der Waals surface area contributed by atoms with Crippen LogP contribution >= 0.6 is 0 Å². The lowest BCUT2D eigenvalue weighted by atomic mass is 9.96. The van der Waals surface area contributed by atoms with E-state index in [1.807, 2.05) is 76.2 Å². The lowest BCUT2D eigenvalue weighted by molar-refractivity contribution is 0.305. The Kier molecular flexibility index (Phi) is 7.43. The number of hydrogen-bond acceptors (Lipinski definition) is 4. The molecule has 0 aromatic heterocycles. The summed E-state index contributed by atoms with van der Waals surface area (Å²) in [5.74, 6) is 1.12. The van der Waals surface area contributed by atoms with Crippen LogP contribution in [-0.4, -0.2) is 5.11 Å². The van der Waals surface area contributed by atoms with E-state index in [4.69, 9.17) is 21.3 Å². The third-order valence-electron chi connectivity index (χ3n) is 4.42. The highest BCUT2D eigenvalue weighted by Crippen LogP contribution is 2.22. The molecule has 0 fully saturated rings. The highest BCUT2D eigenvalue weighted by atomic mass is 16.5. The summed E-state index contributed by atoms with van der Waals surface area (Å²) in [7, 11) is 0. The number of phenolic OH excluding ortho intramolecular Hbond substituents is 1. The van der Waals surface area contributed by atoms with E-state index in [1.54, 1.807) is 18.2 Å². The first-order chi connectivity index (χ1) is 13.6. The van der Waals surface area contributed by atoms with Crippen molar-refractivity contribution in [2.45, 2.75) is 45.4 Å². The minimum atomic E-state index is -0.376. The molecule has 4 nitrogen and oxygen atoms in total. The van der Waals surface area contributed by atoms with Gasteiger partial charge in [-0.2, -0.15) is 0 Å². The van der Waals surface area contributed by atoms with Crippen LogP contribution in [0.25, 0.3) is 0 Å². The number of aromatic hydroxyl groups is 1. The fourth-order valence-corrected chi connectivity index (χ4v) is 2.63. The average molecular weight is 393 g/mol. The molecule has 0 radical (unpaired) electrons. The lowest BCUT2D eigenvalue weighted by Gasteiger charge is -2.19. The Hall–Kier alpha value is -2.82. The van der Waals surface area contributed by atoms with Crippen LogP contribution < -0.4 is 16.2 Å². The second-order valence-corrected chi connectivity index (χ2v) is 8.30. The van der Waals surface area contributed by atoms with Crippen LogP contribution in [0.1, 0.15) is 44.4 Å². The molecule has 0 aliphatic heterocycles. The van der Waals surface area contributed by atoms with Crippen LogP contribution in [0.4, 0.5) is 0 Å². The zero-order valence-corrected chi connectivity index (χ0v) is 17.7. The second kappa shape index (κ2) is 9.59. The number of benzene rings is 3. The van der Waals surface area contributed by atoms with E-state index in [-0.39, 0.29) is 16.8 Å². The van der Waals surface area contributed by atoms with Gasteiger partial charge in [-0.3, -0.25) is 0 Å². The third kappa shape index (κ3) is 7.60. The topological polar surface area (TPSA) is 81.5 Å². The zero-order valence-electron chi connectivity index (χ0n) is 17.7. The van der Waals surface area contributed by atoms with Gasteiger partial charge in [0.15, 0.2) is 0 Å². The molecule has 0 saturated carbocycles. The Balaban J connectivity index is 0.000000234. The maximum Gasteiger partial charge on any atom is 0.120 e. The minimum Gasteiger partial charge on any atom is -0.508 e. The predicted molar refractivity (Wildman–Crippen MR) is 120 cm³/mol. The summed E-state index contributed by atoms with van der Waals surface area (Å²) in [4.78, 5) is 0. The molecule has 3 aromatic carbocycles. The molecule has 3 aromatic rings. The fourth-order valence-electron chi connectivity index (χ4n) is 2.63. The molecule has 0 atom stereocenters. The van der Waals surface area contributed by atoms with Gasteiger partial charge in [0.2, 0.25) is 0 Å². The summed E-state index contributed by atoms with van der Waals surface area (Å²) < 4.78 is 5.77. The smallest absolute Gasteiger partial charge is 0.120 e. The first-order valence-corrected chi connectivity index (χ1v) is 9.70. The first kappa shape index (κ1) is 22.5. The summed E-state index contributed by atoms with van der Waals surface area (Å²) in [6.45, 7) is 8.37. The van der Waals surface area contributed by atoms with Crippen LogP contribution in [0, 0.1) is 0 Å². The van der Waals surface area contributed by atoms with Gasteiger partial charge in [-0.05, 0) is 68.7 Å². The van der Waals surface area contributed by atoms with Crippen molar-refractivity contribution in [3.8, 4) is 11.5 Å². The van der Waals surface area contributed by atoms with E-state index in [0.717, 1.165) is 22.4 Å². The van der Waals surface area contributed by atoms with Gasteiger partial charge in [-0.1, -0.05) is 54.6 Å². The van der Waals surface area contributed by atoms with E-state index in [0.29, 0.717) is 6.61 Å². The average Bonchev–Trinajstić information content (AvgIpc) is 2.67. The van der Waals surface area contributed by atoms with Crippen molar-refractivity contribution in [3.05, 3.63) is 95.6 Å². The van der Waals surface area contributed by atoms with Crippen molar-refractivity contribution < 1.29 is 9.84 Å². The number of nitrogens with two attached hydrogens (primary N) is 2. The van der Waals surface area contributed by atoms with Crippen molar-refractivity contribution >= 4 is 0 Å². The van der Waals surface area contributed by atoms with Crippen molar-refractivity contribution in [3.63, 3.8) is 0 Å². The van der Waals surface area contributed by atoms with Crippen LogP contribution in [0.5, 0.6) is 11.5 Å². The Morgan fingerprint density at radius 3 is 1.79 bits per heavy atom. The fraction of sp³-hybridized carbons (Fsp3) is 0.280. The molecule has 0 amide bonds. The van der Waals surface area contributed by atoms with Gasteiger partial charge in [0.1, 0.15) is 18.1 Å². The summed E-state index contributed by atoms with van der Waals surface area (Å²) in [6, 6.07) is 25.1. The maximum atomic E-state index is 9.12. The van der Waals surface area contributed by atoms with Crippen LogP contribution in [0.15, 0.2) is 78.9 Å². The molecule has 0 bridgehead atoms. The zero-order chi connectivity index (χ0) is 21.5. The van der Waals surface area contributed by atoms with Crippen LogP contribution in [-0.2, 0) is 17.7 Å². The number of hydrogen-bond donors (Lipinski definition) is 3. The molecular weight excluding hydrogens is 360 g/mol.